The highest BCUT2D eigenvalue weighted by Crippen LogP contribution is 2.29. The van der Waals surface area contributed by atoms with Crippen LogP contribution >= 0.6 is 11.3 Å². The van der Waals surface area contributed by atoms with Crippen molar-refractivity contribution in [3.63, 3.8) is 0 Å². The number of hydrogen-bond donors (Lipinski definition) is 1. The Hall–Kier alpha value is -2.87. The Morgan fingerprint density at radius 1 is 1.17 bits per heavy atom. The summed E-state index contributed by atoms with van der Waals surface area (Å²) in [6, 6.07) is 4.95. The molecule has 30 heavy (non-hydrogen) atoms. The second-order valence-electron chi connectivity index (χ2n) is 6.85. The molecule has 0 aliphatic rings. The van der Waals surface area contributed by atoms with Gasteiger partial charge in [0.15, 0.2) is 11.5 Å². The highest BCUT2D eigenvalue weighted by molar-refractivity contribution is 7.18. The third kappa shape index (κ3) is 4.81. The second-order valence-corrected chi connectivity index (χ2v) is 8.05. The Morgan fingerprint density at radius 3 is 2.70 bits per heavy atom. The van der Waals surface area contributed by atoms with Gasteiger partial charge in [0, 0.05) is 4.88 Å². The lowest BCUT2D eigenvalue weighted by molar-refractivity contribution is 0.0462. The van der Waals surface area contributed by atoms with Crippen LogP contribution in [-0.2, 0) is 11.3 Å². The molecule has 160 valence electrons. The molecule has 7 nitrogen and oxygen atoms in total. The predicted molar refractivity (Wildman–Crippen MR) is 117 cm³/mol. The van der Waals surface area contributed by atoms with E-state index >= 15 is 0 Å². The van der Waals surface area contributed by atoms with E-state index in [0.717, 1.165) is 23.3 Å². The average molecular weight is 431 g/mol. The molecular formula is C22H26N2O5S. The average Bonchev–Trinajstić information content (AvgIpc) is 3.01. The molecule has 2 aromatic heterocycles. The Bertz CT molecular complexity index is 1100. The number of nitrogens with one attached hydrogen (secondary N) is 1. The van der Waals surface area contributed by atoms with Gasteiger partial charge < -0.3 is 19.2 Å². The van der Waals surface area contributed by atoms with Crippen molar-refractivity contribution in [3.05, 3.63) is 50.4 Å². The second kappa shape index (κ2) is 9.75. The van der Waals surface area contributed by atoms with Gasteiger partial charge in [0.1, 0.15) is 17.3 Å². The van der Waals surface area contributed by atoms with E-state index in [2.05, 4.69) is 16.9 Å². The number of benzene rings is 1. The van der Waals surface area contributed by atoms with Gasteiger partial charge in [-0.05, 0) is 51.0 Å². The quantitative estimate of drug-likeness (QED) is 0.396. The van der Waals surface area contributed by atoms with Crippen molar-refractivity contribution >= 4 is 27.5 Å². The fourth-order valence-corrected chi connectivity index (χ4v) is 3.98. The van der Waals surface area contributed by atoms with Crippen LogP contribution in [0.3, 0.4) is 0 Å². The van der Waals surface area contributed by atoms with Gasteiger partial charge in [-0.3, -0.25) is 4.79 Å². The predicted octanol–water partition coefficient (Wildman–Crippen LogP) is 4.54. The van der Waals surface area contributed by atoms with Crippen LogP contribution in [0.1, 0.15) is 53.3 Å². The van der Waals surface area contributed by atoms with E-state index in [9.17, 15) is 9.59 Å². The molecule has 3 rings (SSSR count). The van der Waals surface area contributed by atoms with Gasteiger partial charge >= 0.3 is 5.97 Å². The highest BCUT2D eigenvalue weighted by atomic mass is 32.1. The molecule has 0 bridgehead atoms. The number of H-pyrrole nitrogens is 1. The maximum absolute atomic E-state index is 12.5. The van der Waals surface area contributed by atoms with Crippen LogP contribution in [0.2, 0.25) is 0 Å². The molecule has 0 aliphatic carbocycles. The minimum atomic E-state index is -0.530. The summed E-state index contributed by atoms with van der Waals surface area (Å²) in [5.41, 5.74) is 1.05. The maximum Gasteiger partial charge on any atom is 0.338 e. The van der Waals surface area contributed by atoms with Crippen molar-refractivity contribution in [2.24, 2.45) is 0 Å². The summed E-state index contributed by atoms with van der Waals surface area (Å²) >= 11 is 1.45. The molecule has 0 radical (unpaired) electrons. The van der Waals surface area contributed by atoms with E-state index in [0.29, 0.717) is 46.3 Å². The normalized spacial score (nSPS) is 10.9. The lowest BCUT2D eigenvalue weighted by atomic mass is 10.2. The van der Waals surface area contributed by atoms with Crippen LogP contribution in [0.15, 0.2) is 23.0 Å². The summed E-state index contributed by atoms with van der Waals surface area (Å²) in [6.45, 7) is 8.72. The monoisotopic (exact) mass is 430 g/mol. The number of fused-ring (bicyclic) bond motifs is 1. The third-order valence-electron chi connectivity index (χ3n) is 4.66. The minimum absolute atomic E-state index is 0.126. The molecule has 0 saturated carbocycles. The molecular weight excluding hydrogens is 404 g/mol. The Labute approximate surface area is 179 Å². The molecule has 0 aliphatic heterocycles. The van der Waals surface area contributed by atoms with Crippen LogP contribution < -0.4 is 15.0 Å². The van der Waals surface area contributed by atoms with Crippen LogP contribution in [-0.4, -0.2) is 29.2 Å². The van der Waals surface area contributed by atoms with Crippen LogP contribution in [0.4, 0.5) is 0 Å². The van der Waals surface area contributed by atoms with Crippen molar-refractivity contribution in [1.82, 2.24) is 9.97 Å². The zero-order valence-corrected chi connectivity index (χ0v) is 18.5. The van der Waals surface area contributed by atoms with E-state index in [4.69, 9.17) is 14.2 Å². The van der Waals surface area contributed by atoms with Gasteiger partial charge in [-0.15, -0.1) is 11.3 Å². The number of carbonyl (C=O) groups excluding carboxylic acids is 1. The molecule has 8 heteroatoms. The number of unbranched alkanes of at least 4 members (excludes halogenated alkanes) is 1. The summed E-state index contributed by atoms with van der Waals surface area (Å²) < 4.78 is 16.7. The summed E-state index contributed by atoms with van der Waals surface area (Å²) in [5, 5.41) is 0.590. The maximum atomic E-state index is 12.5. The summed E-state index contributed by atoms with van der Waals surface area (Å²) in [6.07, 6.45) is 1.97. The van der Waals surface area contributed by atoms with E-state index < -0.39 is 5.97 Å². The van der Waals surface area contributed by atoms with Crippen LogP contribution in [0.5, 0.6) is 11.5 Å². The van der Waals surface area contributed by atoms with Crippen LogP contribution in [0, 0.1) is 13.8 Å². The fraction of sp³-hybridized carbons (Fsp3) is 0.409. The number of aromatic nitrogens is 2. The molecule has 0 saturated heterocycles. The Morgan fingerprint density at radius 2 is 1.97 bits per heavy atom. The van der Waals surface area contributed by atoms with Crippen molar-refractivity contribution in [3.8, 4) is 11.5 Å². The van der Waals surface area contributed by atoms with Gasteiger partial charge in [-0.1, -0.05) is 13.3 Å². The first kappa shape index (κ1) is 21.8. The van der Waals surface area contributed by atoms with Crippen molar-refractivity contribution in [1.29, 1.82) is 0 Å². The first-order valence-corrected chi connectivity index (χ1v) is 10.8. The third-order valence-corrected chi connectivity index (χ3v) is 5.76. The van der Waals surface area contributed by atoms with Gasteiger partial charge in [0.05, 0.1) is 24.2 Å². The zero-order valence-electron chi connectivity index (χ0n) is 17.7. The number of aryl methyl sites for hydroxylation is 2. The lowest BCUT2D eigenvalue weighted by Gasteiger charge is -2.13. The molecule has 0 spiro atoms. The van der Waals surface area contributed by atoms with Gasteiger partial charge in [0.2, 0.25) is 0 Å². The van der Waals surface area contributed by atoms with Gasteiger partial charge in [-0.2, -0.15) is 0 Å². The standard InChI is InChI=1S/C22H26N2O5S/c1-5-7-10-28-16-9-8-15(11-17(16)27-6-2)22(26)29-12-18-23-20(25)19-13(3)14(4)30-21(19)24-18/h8-9,11H,5-7,10,12H2,1-4H3,(H,23,24,25). The number of thiophene rings is 1. The van der Waals surface area contributed by atoms with Crippen molar-refractivity contribution < 1.29 is 19.0 Å². The van der Waals surface area contributed by atoms with Gasteiger partial charge in [0.25, 0.3) is 5.56 Å². The van der Waals surface area contributed by atoms with Crippen molar-refractivity contribution in [2.45, 2.75) is 47.1 Å². The molecule has 3 aromatic rings. The number of ether oxygens (including phenoxy) is 3. The first-order valence-electron chi connectivity index (χ1n) is 10.00. The number of rotatable bonds is 9. The molecule has 2 heterocycles. The van der Waals surface area contributed by atoms with Gasteiger partial charge in [-0.25, -0.2) is 9.78 Å². The fourth-order valence-electron chi connectivity index (χ4n) is 2.93. The molecule has 1 aromatic carbocycles. The summed E-state index contributed by atoms with van der Waals surface area (Å²) in [4.78, 5) is 33.7. The lowest BCUT2D eigenvalue weighted by Crippen LogP contribution is -2.14. The Kier molecular flexibility index (Phi) is 7.10. The highest BCUT2D eigenvalue weighted by Gasteiger charge is 2.15. The van der Waals surface area contributed by atoms with E-state index in [-0.39, 0.29) is 12.2 Å². The SMILES string of the molecule is CCCCOc1ccc(C(=O)OCc2nc3sc(C)c(C)c3c(=O)[nH]2)cc1OCC. The molecule has 0 atom stereocenters. The number of carbonyl (C=O) groups is 1. The van der Waals surface area contributed by atoms with Crippen molar-refractivity contribution in [2.75, 3.05) is 13.2 Å². The smallest absolute Gasteiger partial charge is 0.338 e. The molecule has 0 unspecified atom stereocenters. The zero-order chi connectivity index (χ0) is 21.7. The number of nitrogens with zero attached hydrogens (tertiary/aromatic N) is 1. The summed E-state index contributed by atoms with van der Waals surface area (Å²) in [7, 11) is 0. The first-order chi connectivity index (χ1) is 14.4. The number of aromatic amines is 1. The van der Waals surface area contributed by atoms with E-state index in [1.165, 1.54) is 11.3 Å². The number of hydrogen-bond acceptors (Lipinski definition) is 7. The molecule has 0 amide bonds. The van der Waals surface area contributed by atoms with E-state index in [1.807, 2.05) is 20.8 Å². The topological polar surface area (TPSA) is 90.5 Å². The Balaban J connectivity index is 1.73. The molecule has 1 N–H and O–H groups in total. The summed E-state index contributed by atoms with van der Waals surface area (Å²) in [5.74, 6) is 0.881. The number of esters is 1. The minimum Gasteiger partial charge on any atom is -0.490 e. The largest absolute Gasteiger partial charge is 0.490 e. The van der Waals surface area contributed by atoms with Crippen LogP contribution in [0.25, 0.3) is 10.2 Å². The van der Waals surface area contributed by atoms with E-state index in [1.54, 1.807) is 18.2 Å². The molecule has 0 fully saturated rings.